The molecule has 0 unspecified atom stereocenters. The number of aromatic nitrogens is 2. The minimum Gasteiger partial charge on any atom is -0.497 e. The van der Waals surface area contributed by atoms with Crippen molar-refractivity contribution in [3.05, 3.63) is 48.0 Å². The number of nitrogens with zero attached hydrogens (tertiary/aromatic N) is 2. The topological polar surface area (TPSA) is 61.7 Å². The van der Waals surface area contributed by atoms with Gasteiger partial charge in [-0.3, -0.25) is 5.10 Å². The summed E-state index contributed by atoms with van der Waals surface area (Å²) < 4.78 is 5.14. The van der Waals surface area contributed by atoms with E-state index in [0.717, 1.165) is 27.9 Å². The van der Waals surface area contributed by atoms with Crippen molar-refractivity contribution in [2.24, 2.45) is 0 Å². The second-order valence-corrected chi connectivity index (χ2v) is 4.17. The van der Waals surface area contributed by atoms with E-state index in [0.29, 0.717) is 5.56 Å². The van der Waals surface area contributed by atoms with Crippen LogP contribution >= 0.6 is 0 Å². The summed E-state index contributed by atoms with van der Waals surface area (Å²) in [6, 6.07) is 15.3. The van der Waals surface area contributed by atoms with Gasteiger partial charge in [-0.15, -0.1) is 0 Å². The first-order valence-corrected chi connectivity index (χ1v) is 5.84. The number of methoxy groups -OCH3 is 1. The second-order valence-electron chi connectivity index (χ2n) is 4.17. The molecule has 0 saturated heterocycles. The van der Waals surface area contributed by atoms with E-state index in [1.165, 1.54) is 0 Å². The van der Waals surface area contributed by atoms with Gasteiger partial charge in [-0.05, 0) is 42.5 Å². The molecule has 0 radical (unpaired) electrons. The van der Waals surface area contributed by atoms with E-state index in [4.69, 9.17) is 10.00 Å². The largest absolute Gasteiger partial charge is 0.497 e. The molecule has 0 aliphatic carbocycles. The Kier molecular flexibility index (Phi) is 2.66. The van der Waals surface area contributed by atoms with Crippen LogP contribution in [0.3, 0.4) is 0 Å². The molecule has 0 atom stereocenters. The van der Waals surface area contributed by atoms with Gasteiger partial charge >= 0.3 is 0 Å². The maximum atomic E-state index is 8.97. The minimum absolute atomic E-state index is 0.628. The number of hydrogen-bond donors (Lipinski definition) is 1. The first-order valence-electron chi connectivity index (χ1n) is 5.84. The molecule has 3 rings (SSSR count). The molecule has 4 nitrogen and oxygen atoms in total. The van der Waals surface area contributed by atoms with Gasteiger partial charge in [0.25, 0.3) is 0 Å². The molecule has 0 saturated carbocycles. The first-order chi connectivity index (χ1) is 9.31. The van der Waals surface area contributed by atoms with Gasteiger partial charge in [0.1, 0.15) is 5.75 Å². The second kappa shape index (κ2) is 4.46. The molecule has 0 fully saturated rings. The van der Waals surface area contributed by atoms with Crippen LogP contribution < -0.4 is 4.74 Å². The van der Waals surface area contributed by atoms with Crippen molar-refractivity contribution in [2.75, 3.05) is 7.11 Å². The third-order valence-corrected chi connectivity index (χ3v) is 3.06. The summed E-state index contributed by atoms with van der Waals surface area (Å²) in [6.07, 6.45) is 0. The lowest BCUT2D eigenvalue weighted by Crippen LogP contribution is -1.83. The van der Waals surface area contributed by atoms with Gasteiger partial charge in [0, 0.05) is 10.9 Å². The third kappa shape index (κ3) is 1.91. The van der Waals surface area contributed by atoms with Crippen molar-refractivity contribution in [3.8, 4) is 23.1 Å². The van der Waals surface area contributed by atoms with Crippen LogP contribution in [0.25, 0.3) is 22.2 Å². The number of fused-ring (bicyclic) bond motifs is 1. The summed E-state index contributed by atoms with van der Waals surface area (Å²) in [6.45, 7) is 0. The Bertz CT molecular complexity index is 766. The van der Waals surface area contributed by atoms with E-state index in [1.807, 2.05) is 36.4 Å². The average molecular weight is 249 g/mol. The van der Waals surface area contributed by atoms with E-state index < -0.39 is 0 Å². The zero-order valence-corrected chi connectivity index (χ0v) is 10.3. The molecule has 0 spiro atoms. The summed E-state index contributed by atoms with van der Waals surface area (Å²) in [5, 5.41) is 17.2. The molecule has 1 heterocycles. The zero-order valence-electron chi connectivity index (χ0n) is 10.3. The molecule has 1 N–H and O–H groups in total. The number of H-pyrrole nitrogens is 1. The first kappa shape index (κ1) is 11.3. The molecule has 4 heteroatoms. The molecule has 0 bridgehead atoms. The molecule has 0 amide bonds. The van der Waals surface area contributed by atoms with Gasteiger partial charge in [0.05, 0.1) is 30.0 Å². The molecule has 92 valence electrons. The molecular formula is C15H11N3O. The Morgan fingerprint density at radius 2 is 1.95 bits per heavy atom. The van der Waals surface area contributed by atoms with E-state index in [2.05, 4.69) is 16.3 Å². The van der Waals surface area contributed by atoms with Crippen molar-refractivity contribution in [1.29, 1.82) is 5.26 Å². The number of nitrogens with one attached hydrogen (secondary N) is 1. The number of benzene rings is 2. The van der Waals surface area contributed by atoms with Crippen LogP contribution in [-0.2, 0) is 0 Å². The van der Waals surface area contributed by atoms with Crippen molar-refractivity contribution in [2.45, 2.75) is 0 Å². The van der Waals surface area contributed by atoms with Gasteiger partial charge in [0.15, 0.2) is 0 Å². The quantitative estimate of drug-likeness (QED) is 0.759. The monoisotopic (exact) mass is 249 g/mol. The molecule has 0 aliphatic heterocycles. The van der Waals surface area contributed by atoms with Crippen molar-refractivity contribution in [1.82, 2.24) is 10.2 Å². The fourth-order valence-electron chi connectivity index (χ4n) is 2.05. The Morgan fingerprint density at radius 1 is 1.16 bits per heavy atom. The number of rotatable bonds is 2. The zero-order chi connectivity index (χ0) is 13.2. The number of aromatic amines is 1. The number of nitriles is 1. The molecule has 1 aromatic heterocycles. The highest BCUT2D eigenvalue weighted by Gasteiger charge is 2.08. The van der Waals surface area contributed by atoms with Crippen LogP contribution in [0.1, 0.15) is 5.56 Å². The highest BCUT2D eigenvalue weighted by Crippen LogP contribution is 2.28. The van der Waals surface area contributed by atoms with E-state index in [9.17, 15) is 0 Å². The maximum Gasteiger partial charge on any atom is 0.118 e. The highest BCUT2D eigenvalue weighted by atomic mass is 16.5. The maximum absolute atomic E-state index is 8.97. The van der Waals surface area contributed by atoms with Gasteiger partial charge in [-0.1, -0.05) is 0 Å². The van der Waals surface area contributed by atoms with E-state index >= 15 is 0 Å². The molecular weight excluding hydrogens is 238 g/mol. The van der Waals surface area contributed by atoms with Crippen molar-refractivity contribution < 1.29 is 4.74 Å². The number of hydrogen-bond acceptors (Lipinski definition) is 3. The standard InChI is InChI=1S/C15H11N3O/c1-19-12-5-3-11(4-6-12)15-13-8-10(9-16)2-7-14(13)17-18-15/h2-8H,1H3,(H,17,18). The Balaban J connectivity index is 2.16. The van der Waals surface area contributed by atoms with Crippen LogP contribution in [0.4, 0.5) is 0 Å². The minimum atomic E-state index is 0.628. The highest BCUT2D eigenvalue weighted by molar-refractivity contribution is 5.93. The fraction of sp³-hybridized carbons (Fsp3) is 0.0667. The SMILES string of the molecule is COc1ccc(-c2n[nH]c3ccc(C#N)cc23)cc1. The normalized spacial score (nSPS) is 10.3. The lowest BCUT2D eigenvalue weighted by molar-refractivity contribution is 0.415. The molecule has 3 aromatic rings. The molecule has 2 aromatic carbocycles. The summed E-state index contributed by atoms with van der Waals surface area (Å²) in [5.41, 5.74) is 3.38. The fourth-order valence-corrected chi connectivity index (χ4v) is 2.05. The average Bonchev–Trinajstić information content (AvgIpc) is 2.90. The van der Waals surface area contributed by atoms with Crippen molar-refractivity contribution in [3.63, 3.8) is 0 Å². The van der Waals surface area contributed by atoms with Gasteiger partial charge in [-0.25, -0.2) is 0 Å². The number of ether oxygens (including phenoxy) is 1. The molecule has 19 heavy (non-hydrogen) atoms. The lowest BCUT2D eigenvalue weighted by Gasteiger charge is -2.01. The van der Waals surface area contributed by atoms with E-state index in [1.54, 1.807) is 13.2 Å². The van der Waals surface area contributed by atoms with Gasteiger partial charge < -0.3 is 4.74 Å². The predicted molar refractivity (Wildman–Crippen MR) is 72.8 cm³/mol. The third-order valence-electron chi connectivity index (χ3n) is 3.06. The van der Waals surface area contributed by atoms with Crippen LogP contribution in [0.5, 0.6) is 5.75 Å². The van der Waals surface area contributed by atoms with Gasteiger partial charge in [0.2, 0.25) is 0 Å². The summed E-state index contributed by atoms with van der Waals surface area (Å²) >= 11 is 0. The van der Waals surface area contributed by atoms with Crippen molar-refractivity contribution >= 4 is 10.9 Å². The van der Waals surface area contributed by atoms with Crippen LogP contribution in [0.2, 0.25) is 0 Å². The Hall–Kier alpha value is -2.80. The van der Waals surface area contributed by atoms with Crippen LogP contribution in [0.15, 0.2) is 42.5 Å². The lowest BCUT2D eigenvalue weighted by atomic mass is 10.1. The summed E-state index contributed by atoms with van der Waals surface area (Å²) in [5.74, 6) is 0.807. The smallest absolute Gasteiger partial charge is 0.118 e. The van der Waals surface area contributed by atoms with Crippen LogP contribution in [0, 0.1) is 11.3 Å². The Morgan fingerprint density at radius 3 is 2.63 bits per heavy atom. The summed E-state index contributed by atoms with van der Waals surface area (Å²) in [7, 11) is 1.64. The summed E-state index contributed by atoms with van der Waals surface area (Å²) in [4.78, 5) is 0. The molecule has 0 aliphatic rings. The van der Waals surface area contributed by atoms with Crippen LogP contribution in [-0.4, -0.2) is 17.3 Å². The van der Waals surface area contributed by atoms with E-state index in [-0.39, 0.29) is 0 Å². The van der Waals surface area contributed by atoms with Gasteiger partial charge in [-0.2, -0.15) is 10.4 Å². The predicted octanol–water partition coefficient (Wildman–Crippen LogP) is 3.11. The Labute approximate surface area is 110 Å².